The van der Waals surface area contributed by atoms with Crippen molar-refractivity contribution in [3.05, 3.63) is 0 Å². The van der Waals surface area contributed by atoms with Gasteiger partial charge in [-0.1, -0.05) is 19.3 Å². The molecule has 0 radical (unpaired) electrons. The summed E-state index contributed by atoms with van der Waals surface area (Å²) in [5.74, 6) is -0.795. The van der Waals surface area contributed by atoms with Crippen LogP contribution in [0.2, 0.25) is 6.04 Å². The first-order valence-corrected chi connectivity index (χ1v) is 12.5. The molecule has 0 rings (SSSR count). The molecule has 150 valence electrons. The molecule has 1 atom stereocenters. The van der Waals surface area contributed by atoms with Crippen LogP contribution in [0.1, 0.15) is 66.7 Å². The third-order valence-electron chi connectivity index (χ3n) is 3.66. The zero-order valence-corrected chi connectivity index (χ0v) is 18.0. The van der Waals surface area contributed by atoms with Crippen molar-refractivity contribution >= 4 is 24.9 Å². The fourth-order valence-electron chi connectivity index (χ4n) is 2.52. The van der Waals surface area contributed by atoms with Crippen LogP contribution in [0.4, 0.5) is 0 Å². The lowest BCUT2D eigenvalue weighted by Gasteiger charge is -2.28. The van der Waals surface area contributed by atoms with Gasteiger partial charge in [0.15, 0.2) is 0 Å². The van der Waals surface area contributed by atoms with Crippen LogP contribution in [0, 0.1) is 0 Å². The van der Waals surface area contributed by atoms with Gasteiger partial charge in [-0.15, -0.1) is 0 Å². The van der Waals surface area contributed by atoms with E-state index in [1.54, 1.807) is 6.92 Å². The molecule has 0 aliphatic carbocycles. The molecule has 0 saturated heterocycles. The molecule has 9 heteroatoms. The summed E-state index contributed by atoms with van der Waals surface area (Å²) in [6.07, 6.45) is 3.99. The van der Waals surface area contributed by atoms with Gasteiger partial charge in [0.25, 0.3) is 0 Å². The molecule has 0 aromatic heterocycles. The topological polar surface area (TPSA) is 88.1 Å². The van der Waals surface area contributed by atoms with E-state index in [1.807, 2.05) is 20.8 Å². The van der Waals surface area contributed by atoms with Crippen molar-refractivity contribution in [3.63, 3.8) is 0 Å². The molecule has 25 heavy (non-hydrogen) atoms. The lowest BCUT2D eigenvalue weighted by Crippen LogP contribution is -2.45. The molecule has 0 N–H and O–H groups in total. The minimum Gasteiger partial charge on any atom is -0.374 e. The van der Waals surface area contributed by atoms with Gasteiger partial charge >= 0.3 is 24.9 Å². The Morgan fingerprint density at radius 3 is 1.84 bits per heavy atom. The van der Waals surface area contributed by atoms with E-state index < -0.39 is 30.1 Å². The van der Waals surface area contributed by atoms with Crippen molar-refractivity contribution in [1.29, 1.82) is 0 Å². The Labute approximate surface area is 153 Å². The Morgan fingerprint density at radius 1 is 0.920 bits per heavy atom. The molecule has 0 aliphatic heterocycles. The molecule has 0 saturated carbocycles. The third kappa shape index (κ3) is 10.3. The summed E-state index contributed by atoms with van der Waals surface area (Å²) in [7, 11) is -6.38. The van der Waals surface area contributed by atoms with E-state index >= 15 is 0 Å². The van der Waals surface area contributed by atoms with Gasteiger partial charge < -0.3 is 17.5 Å². The van der Waals surface area contributed by atoms with Crippen molar-refractivity contribution in [2.45, 2.75) is 78.0 Å². The molecule has 0 bridgehead atoms. The number of hydrogen-bond acceptors (Lipinski definition) is 7. The molecule has 0 aliphatic rings. The molecule has 0 spiro atoms. The predicted octanol–water partition coefficient (Wildman–Crippen LogP) is 3.27. The Balaban J connectivity index is 4.20. The molecular weight excluding hydrogens is 364 g/mol. The summed E-state index contributed by atoms with van der Waals surface area (Å²) in [6, 6.07) is 0.768. The maximum Gasteiger partial charge on any atom is 0.500 e. The average molecular weight is 399 g/mol. The first kappa shape index (κ1) is 24.5. The highest BCUT2D eigenvalue weighted by atomic mass is 32.2. The van der Waals surface area contributed by atoms with Crippen molar-refractivity contribution in [2.75, 3.05) is 19.8 Å². The normalized spacial score (nSPS) is 13.6. The zero-order valence-electron chi connectivity index (χ0n) is 16.2. The minimum absolute atomic E-state index is 0.473. The van der Waals surface area contributed by atoms with Gasteiger partial charge in [-0.3, -0.25) is 4.79 Å². The van der Waals surface area contributed by atoms with Crippen LogP contribution in [0.3, 0.4) is 0 Å². The van der Waals surface area contributed by atoms with Gasteiger partial charge in [0.05, 0.1) is 5.25 Å². The number of carbonyl (C=O) groups is 1. The van der Waals surface area contributed by atoms with Gasteiger partial charge in [-0.05, 0) is 40.5 Å². The molecule has 0 aromatic carbocycles. The maximum atomic E-state index is 11.7. The number of unbranched alkanes of at least 4 members (excludes halogenated alkanes) is 3. The first-order chi connectivity index (χ1) is 11.7. The van der Waals surface area contributed by atoms with E-state index in [4.69, 9.17) is 13.3 Å². The van der Waals surface area contributed by atoms with Crippen LogP contribution in [0.25, 0.3) is 0 Å². The van der Waals surface area contributed by atoms with Gasteiger partial charge in [0.2, 0.25) is 0 Å². The van der Waals surface area contributed by atoms with Crippen LogP contribution >= 0.6 is 0 Å². The van der Waals surface area contributed by atoms with Gasteiger partial charge in [-0.2, -0.15) is 8.42 Å². The van der Waals surface area contributed by atoms with Crippen molar-refractivity contribution < 1.29 is 30.7 Å². The molecule has 0 heterocycles. The lowest BCUT2D eigenvalue weighted by molar-refractivity contribution is -0.131. The van der Waals surface area contributed by atoms with Crippen LogP contribution in [0.5, 0.6) is 0 Å². The summed E-state index contributed by atoms with van der Waals surface area (Å²) in [6.45, 7) is 10.2. The molecule has 1 unspecified atom stereocenters. The Bertz CT molecular complexity index is 450. The van der Waals surface area contributed by atoms with E-state index in [-0.39, 0.29) is 0 Å². The number of hydrogen-bond donors (Lipinski definition) is 0. The summed E-state index contributed by atoms with van der Waals surface area (Å²) in [4.78, 5) is 10.8. The van der Waals surface area contributed by atoms with Crippen molar-refractivity contribution in [1.82, 2.24) is 0 Å². The molecule has 0 fully saturated rings. The molecule has 7 nitrogen and oxygen atoms in total. The van der Waals surface area contributed by atoms with Crippen LogP contribution in [-0.4, -0.2) is 48.3 Å². The summed E-state index contributed by atoms with van der Waals surface area (Å²) in [5, 5.41) is -0.680. The quantitative estimate of drug-likeness (QED) is 0.238. The fourth-order valence-corrected chi connectivity index (χ4v) is 6.15. The lowest BCUT2D eigenvalue weighted by atomic mass is 10.1. The fraction of sp³-hybridized carbons (Fsp3) is 0.938. The maximum absolute atomic E-state index is 11.7. The number of carbonyl (C=O) groups excluding carboxylic acids is 1. The van der Waals surface area contributed by atoms with Gasteiger partial charge in [0, 0.05) is 32.8 Å². The molecular formula is C16H34O7SSi. The Morgan fingerprint density at radius 2 is 1.40 bits per heavy atom. The van der Waals surface area contributed by atoms with E-state index in [2.05, 4.69) is 4.18 Å². The second kappa shape index (κ2) is 12.8. The number of rotatable bonds is 15. The van der Waals surface area contributed by atoms with E-state index in [0.717, 1.165) is 38.7 Å². The van der Waals surface area contributed by atoms with Gasteiger partial charge in [-0.25, -0.2) is 0 Å². The first-order valence-electron chi connectivity index (χ1n) is 9.08. The summed E-state index contributed by atoms with van der Waals surface area (Å²) < 4.78 is 45.2. The van der Waals surface area contributed by atoms with Gasteiger partial charge in [0.1, 0.15) is 0 Å². The molecule has 0 amide bonds. The van der Waals surface area contributed by atoms with Crippen molar-refractivity contribution in [3.8, 4) is 0 Å². The van der Waals surface area contributed by atoms with Crippen LogP contribution in [0.15, 0.2) is 0 Å². The SMILES string of the molecule is CCO[Si](CCCCCCC(C)S(=O)(=O)OC(C)=O)(OCC)OCC. The largest absolute Gasteiger partial charge is 0.500 e. The summed E-state index contributed by atoms with van der Waals surface area (Å²) in [5.41, 5.74) is 0. The van der Waals surface area contributed by atoms with E-state index in [9.17, 15) is 13.2 Å². The highest BCUT2D eigenvalue weighted by Crippen LogP contribution is 2.21. The smallest absolute Gasteiger partial charge is 0.374 e. The van der Waals surface area contributed by atoms with Crippen LogP contribution in [-0.2, 0) is 32.4 Å². The monoisotopic (exact) mass is 398 g/mol. The second-order valence-electron chi connectivity index (χ2n) is 5.81. The van der Waals surface area contributed by atoms with Crippen molar-refractivity contribution in [2.24, 2.45) is 0 Å². The van der Waals surface area contributed by atoms with Crippen LogP contribution < -0.4 is 0 Å². The Hall–Kier alpha value is -0.483. The highest BCUT2D eigenvalue weighted by molar-refractivity contribution is 7.87. The second-order valence-corrected chi connectivity index (χ2v) is 10.5. The summed E-state index contributed by atoms with van der Waals surface area (Å²) >= 11 is 0. The van der Waals surface area contributed by atoms with E-state index in [1.165, 1.54) is 0 Å². The van der Waals surface area contributed by atoms with E-state index in [0.29, 0.717) is 26.2 Å². The third-order valence-corrected chi connectivity index (χ3v) is 8.50. The zero-order chi connectivity index (χ0) is 19.3. The predicted molar refractivity (Wildman–Crippen MR) is 98.7 cm³/mol. The highest BCUT2D eigenvalue weighted by Gasteiger charge is 2.39. The Kier molecular flexibility index (Phi) is 12.6. The molecule has 0 aromatic rings. The average Bonchev–Trinajstić information content (AvgIpc) is 2.50. The standard InChI is InChI=1S/C16H34O7SSi/c1-6-20-25(21-7-2,22-8-3)14-12-10-9-11-13-15(4)24(18,19)23-16(5)17/h15H,6-14H2,1-5H3. The minimum atomic E-state index is -3.80.